The predicted octanol–water partition coefficient (Wildman–Crippen LogP) is 1.88. The Kier molecular flexibility index (Phi) is 5.45. The molecule has 0 spiro atoms. The number of carbonyl (C=O) groups is 2. The van der Waals surface area contributed by atoms with E-state index < -0.39 is 6.04 Å². The van der Waals surface area contributed by atoms with Gasteiger partial charge in [-0.05, 0) is 24.7 Å². The Hall–Kier alpha value is -1.06. The van der Waals surface area contributed by atoms with Crippen molar-refractivity contribution in [3.63, 3.8) is 0 Å². The minimum absolute atomic E-state index is 0.0269. The monoisotopic (exact) mass is 241 g/mol. The molecule has 4 heteroatoms. The summed E-state index contributed by atoms with van der Waals surface area (Å²) < 4.78 is 4.69. The Morgan fingerprint density at radius 3 is 2.35 bits per heavy atom. The second-order valence-corrected chi connectivity index (χ2v) is 5.17. The Labute approximate surface area is 103 Å². The number of amides is 1. The normalized spacial score (nSPS) is 18.1. The smallest absolute Gasteiger partial charge is 0.328 e. The van der Waals surface area contributed by atoms with Crippen LogP contribution in [0.3, 0.4) is 0 Å². The van der Waals surface area contributed by atoms with Crippen molar-refractivity contribution in [3.8, 4) is 0 Å². The number of methoxy groups -OCH3 is 1. The molecule has 4 nitrogen and oxygen atoms in total. The molecule has 0 saturated heterocycles. The van der Waals surface area contributed by atoms with E-state index in [-0.39, 0.29) is 17.8 Å². The number of hydrogen-bond acceptors (Lipinski definition) is 3. The Morgan fingerprint density at radius 2 is 1.88 bits per heavy atom. The van der Waals surface area contributed by atoms with Crippen molar-refractivity contribution in [1.29, 1.82) is 0 Å². The van der Waals surface area contributed by atoms with Crippen molar-refractivity contribution >= 4 is 11.9 Å². The van der Waals surface area contributed by atoms with Crippen LogP contribution in [-0.4, -0.2) is 25.0 Å². The SMILES string of the molecule is COC(=O)[C@@H](NC(=O)CC1CCCC1)C(C)C. The average Bonchev–Trinajstić information content (AvgIpc) is 2.77. The molecule has 1 saturated carbocycles. The van der Waals surface area contributed by atoms with Gasteiger partial charge in [0.1, 0.15) is 6.04 Å². The molecule has 1 aliphatic carbocycles. The van der Waals surface area contributed by atoms with Gasteiger partial charge in [0, 0.05) is 6.42 Å². The zero-order valence-electron chi connectivity index (χ0n) is 11.0. The topological polar surface area (TPSA) is 55.4 Å². The predicted molar refractivity (Wildman–Crippen MR) is 65.4 cm³/mol. The molecule has 1 N–H and O–H groups in total. The molecular formula is C13H23NO3. The molecule has 0 heterocycles. The van der Waals surface area contributed by atoms with Crippen molar-refractivity contribution < 1.29 is 14.3 Å². The summed E-state index contributed by atoms with van der Waals surface area (Å²) in [5, 5.41) is 2.78. The molecule has 0 aromatic carbocycles. The summed E-state index contributed by atoms with van der Waals surface area (Å²) >= 11 is 0. The third-order valence-corrected chi connectivity index (χ3v) is 3.39. The standard InChI is InChI=1S/C13H23NO3/c1-9(2)12(13(16)17-3)14-11(15)8-10-6-4-5-7-10/h9-10,12H,4-8H2,1-3H3,(H,14,15)/t12-/m0/s1. The van der Waals surface area contributed by atoms with Crippen LogP contribution in [-0.2, 0) is 14.3 Å². The molecule has 1 amide bonds. The summed E-state index contributed by atoms with van der Waals surface area (Å²) in [5.41, 5.74) is 0. The summed E-state index contributed by atoms with van der Waals surface area (Å²) in [6, 6.07) is -0.520. The number of carbonyl (C=O) groups excluding carboxylic acids is 2. The second-order valence-electron chi connectivity index (χ2n) is 5.17. The van der Waals surface area contributed by atoms with Crippen molar-refractivity contribution in [2.75, 3.05) is 7.11 Å². The molecule has 1 rings (SSSR count). The van der Waals surface area contributed by atoms with Crippen LogP contribution in [0.5, 0.6) is 0 Å². The number of esters is 1. The Balaban J connectivity index is 2.43. The van der Waals surface area contributed by atoms with Crippen molar-refractivity contribution in [3.05, 3.63) is 0 Å². The van der Waals surface area contributed by atoms with E-state index in [0.717, 1.165) is 12.8 Å². The van der Waals surface area contributed by atoms with Crippen molar-refractivity contribution in [2.45, 2.75) is 52.0 Å². The molecule has 0 radical (unpaired) electrons. The molecule has 1 aliphatic rings. The van der Waals surface area contributed by atoms with Crippen LogP contribution in [0.1, 0.15) is 46.0 Å². The van der Waals surface area contributed by atoms with E-state index in [1.54, 1.807) is 0 Å². The van der Waals surface area contributed by atoms with Gasteiger partial charge in [-0.1, -0.05) is 26.7 Å². The zero-order chi connectivity index (χ0) is 12.8. The van der Waals surface area contributed by atoms with Gasteiger partial charge in [-0.25, -0.2) is 4.79 Å². The molecule has 17 heavy (non-hydrogen) atoms. The van der Waals surface area contributed by atoms with E-state index in [1.807, 2.05) is 13.8 Å². The number of hydrogen-bond donors (Lipinski definition) is 1. The third kappa shape index (κ3) is 4.36. The lowest BCUT2D eigenvalue weighted by Gasteiger charge is -2.20. The minimum Gasteiger partial charge on any atom is -0.467 e. The maximum Gasteiger partial charge on any atom is 0.328 e. The van der Waals surface area contributed by atoms with E-state index in [4.69, 9.17) is 4.74 Å². The lowest BCUT2D eigenvalue weighted by molar-refractivity contribution is -0.146. The van der Waals surface area contributed by atoms with Gasteiger partial charge in [0.15, 0.2) is 0 Å². The van der Waals surface area contributed by atoms with E-state index in [0.29, 0.717) is 12.3 Å². The highest BCUT2D eigenvalue weighted by molar-refractivity contribution is 5.84. The van der Waals surface area contributed by atoms with Gasteiger partial charge in [0.05, 0.1) is 7.11 Å². The molecule has 0 aromatic rings. The van der Waals surface area contributed by atoms with Crippen LogP contribution in [0.15, 0.2) is 0 Å². The fraction of sp³-hybridized carbons (Fsp3) is 0.846. The van der Waals surface area contributed by atoms with Crippen molar-refractivity contribution in [1.82, 2.24) is 5.32 Å². The van der Waals surface area contributed by atoms with Gasteiger partial charge >= 0.3 is 5.97 Å². The maximum atomic E-state index is 11.8. The zero-order valence-corrected chi connectivity index (χ0v) is 11.0. The van der Waals surface area contributed by atoms with Gasteiger partial charge in [-0.15, -0.1) is 0 Å². The van der Waals surface area contributed by atoms with Crippen LogP contribution < -0.4 is 5.32 Å². The van der Waals surface area contributed by atoms with E-state index in [2.05, 4.69) is 5.32 Å². The molecule has 1 atom stereocenters. The van der Waals surface area contributed by atoms with Crippen LogP contribution in [0, 0.1) is 11.8 Å². The van der Waals surface area contributed by atoms with E-state index in [1.165, 1.54) is 20.0 Å². The van der Waals surface area contributed by atoms with Crippen LogP contribution >= 0.6 is 0 Å². The summed E-state index contributed by atoms with van der Waals surface area (Å²) in [5.74, 6) is 0.163. The lowest BCUT2D eigenvalue weighted by Crippen LogP contribution is -2.45. The number of rotatable bonds is 5. The third-order valence-electron chi connectivity index (χ3n) is 3.39. The fourth-order valence-electron chi connectivity index (χ4n) is 2.33. The highest BCUT2D eigenvalue weighted by Gasteiger charge is 2.26. The first kappa shape index (κ1) is 14.0. The van der Waals surface area contributed by atoms with Gasteiger partial charge in [0.25, 0.3) is 0 Å². The summed E-state index contributed by atoms with van der Waals surface area (Å²) in [6.07, 6.45) is 5.27. The summed E-state index contributed by atoms with van der Waals surface area (Å²) in [4.78, 5) is 23.3. The first-order valence-electron chi connectivity index (χ1n) is 6.41. The van der Waals surface area contributed by atoms with Gasteiger partial charge in [0.2, 0.25) is 5.91 Å². The van der Waals surface area contributed by atoms with E-state index in [9.17, 15) is 9.59 Å². The van der Waals surface area contributed by atoms with Gasteiger partial charge < -0.3 is 10.1 Å². The largest absolute Gasteiger partial charge is 0.467 e. The van der Waals surface area contributed by atoms with Crippen LogP contribution in [0.2, 0.25) is 0 Å². The van der Waals surface area contributed by atoms with Gasteiger partial charge in [-0.3, -0.25) is 4.79 Å². The summed E-state index contributed by atoms with van der Waals surface area (Å²) in [6.45, 7) is 3.80. The molecule has 0 aromatic heterocycles. The first-order valence-corrected chi connectivity index (χ1v) is 6.41. The minimum atomic E-state index is -0.520. The van der Waals surface area contributed by atoms with Gasteiger partial charge in [-0.2, -0.15) is 0 Å². The first-order chi connectivity index (χ1) is 8.04. The molecular weight excluding hydrogens is 218 g/mol. The molecule has 1 fully saturated rings. The number of nitrogens with one attached hydrogen (secondary N) is 1. The molecule has 98 valence electrons. The van der Waals surface area contributed by atoms with Crippen molar-refractivity contribution in [2.24, 2.45) is 11.8 Å². The lowest BCUT2D eigenvalue weighted by atomic mass is 10.0. The highest BCUT2D eigenvalue weighted by Crippen LogP contribution is 2.27. The summed E-state index contributed by atoms with van der Waals surface area (Å²) in [7, 11) is 1.35. The Morgan fingerprint density at radius 1 is 1.29 bits per heavy atom. The average molecular weight is 241 g/mol. The Bertz CT molecular complexity index is 270. The molecule has 0 aliphatic heterocycles. The quantitative estimate of drug-likeness (QED) is 0.748. The van der Waals surface area contributed by atoms with Crippen LogP contribution in [0.25, 0.3) is 0 Å². The van der Waals surface area contributed by atoms with E-state index >= 15 is 0 Å². The number of ether oxygens (including phenoxy) is 1. The molecule has 0 unspecified atom stereocenters. The second kappa shape index (κ2) is 6.62. The van der Waals surface area contributed by atoms with Crippen LogP contribution in [0.4, 0.5) is 0 Å². The highest BCUT2D eigenvalue weighted by atomic mass is 16.5. The molecule has 0 bridgehead atoms. The maximum absolute atomic E-state index is 11.8. The fourth-order valence-corrected chi connectivity index (χ4v) is 2.33.